The van der Waals surface area contributed by atoms with Gasteiger partial charge < -0.3 is 14.6 Å². The highest BCUT2D eigenvalue weighted by atomic mass is 79.9. The molecule has 0 radical (unpaired) electrons. The summed E-state index contributed by atoms with van der Waals surface area (Å²) < 4.78 is 11.5. The number of amides is 1. The standard InChI is InChI=1S/C17H18BrNO5/c1-16(2,3)24-15(22)19-8-17(9-19)13(20)12(14(21)23-17)10-4-6-11(18)7-5-10/h4-7,20H,8-9H2,1-3H3. The van der Waals surface area contributed by atoms with Gasteiger partial charge in [0, 0.05) is 4.47 Å². The van der Waals surface area contributed by atoms with Crippen LogP contribution >= 0.6 is 15.9 Å². The van der Waals surface area contributed by atoms with Crippen molar-refractivity contribution in [3.8, 4) is 0 Å². The maximum atomic E-state index is 12.2. The molecule has 1 aromatic carbocycles. The summed E-state index contributed by atoms with van der Waals surface area (Å²) in [6.45, 7) is 5.50. The molecule has 1 amide bonds. The zero-order valence-corrected chi connectivity index (χ0v) is 15.2. The van der Waals surface area contributed by atoms with Gasteiger partial charge in [-0.1, -0.05) is 28.1 Å². The topological polar surface area (TPSA) is 76.1 Å². The van der Waals surface area contributed by atoms with Crippen molar-refractivity contribution < 1.29 is 24.2 Å². The van der Waals surface area contributed by atoms with Crippen LogP contribution < -0.4 is 0 Å². The Kier molecular flexibility index (Phi) is 3.86. The van der Waals surface area contributed by atoms with Crippen LogP contribution in [0.3, 0.4) is 0 Å². The summed E-state index contributed by atoms with van der Waals surface area (Å²) in [5, 5.41) is 10.5. The third-order valence-electron chi connectivity index (χ3n) is 3.84. The maximum absolute atomic E-state index is 12.2. The van der Waals surface area contributed by atoms with Gasteiger partial charge in [-0.2, -0.15) is 0 Å². The monoisotopic (exact) mass is 395 g/mol. The number of hydrogen-bond acceptors (Lipinski definition) is 5. The Morgan fingerprint density at radius 3 is 2.42 bits per heavy atom. The predicted octanol–water partition coefficient (Wildman–Crippen LogP) is 3.26. The molecule has 6 nitrogen and oxygen atoms in total. The minimum atomic E-state index is -1.16. The van der Waals surface area contributed by atoms with E-state index >= 15 is 0 Å². The van der Waals surface area contributed by atoms with Crippen molar-refractivity contribution in [2.24, 2.45) is 0 Å². The second-order valence-electron chi connectivity index (χ2n) is 6.95. The number of aliphatic hydroxyl groups excluding tert-OH is 1. The molecule has 1 N–H and O–H groups in total. The van der Waals surface area contributed by atoms with Crippen molar-refractivity contribution in [3.05, 3.63) is 40.1 Å². The van der Waals surface area contributed by atoms with Gasteiger partial charge in [-0.05, 0) is 38.5 Å². The Hall–Kier alpha value is -2.02. The number of halogens is 1. The average molecular weight is 396 g/mol. The molecule has 2 aliphatic rings. The Bertz CT molecular complexity index is 726. The molecule has 2 heterocycles. The number of carbonyl (C=O) groups is 2. The van der Waals surface area contributed by atoms with Crippen LogP contribution in [-0.4, -0.2) is 46.4 Å². The number of rotatable bonds is 1. The van der Waals surface area contributed by atoms with Crippen LogP contribution in [0.1, 0.15) is 26.3 Å². The van der Waals surface area contributed by atoms with E-state index in [9.17, 15) is 14.7 Å². The predicted molar refractivity (Wildman–Crippen MR) is 90.3 cm³/mol. The number of likely N-dealkylation sites (tertiary alicyclic amines) is 1. The van der Waals surface area contributed by atoms with Crippen LogP contribution in [0.15, 0.2) is 34.5 Å². The zero-order valence-electron chi connectivity index (χ0n) is 13.6. The summed E-state index contributed by atoms with van der Waals surface area (Å²) in [5.41, 5.74) is -1.04. The second kappa shape index (κ2) is 5.51. The number of ether oxygens (including phenoxy) is 2. The van der Waals surface area contributed by atoms with Crippen LogP contribution in [0.4, 0.5) is 4.79 Å². The Morgan fingerprint density at radius 2 is 1.88 bits per heavy atom. The van der Waals surface area contributed by atoms with Crippen molar-refractivity contribution >= 4 is 33.6 Å². The molecule has 0 unspecified atom stereocenters. The summed E-state index contributed by atoms with van der Waals surface area (Å²) in [6.07, 6.45) is -0.492. The molecule has 1 aromatic rings. The van der Waals surface area contributed by atoms with E-state index in [1.54, 1.807) is 45.0 Å². The molecule has 7 heteroatoms. The molecule has 0 aromatic heterocycles. The van der Waals surface area contributed by atoms with E-state index < -0.39 is 23.3 Å². The highest BCUT2D eigenvalue weighted by Gasteiger charge is 2.58. The molecule has 1 fully saturated rings. The summed E-state index contributed by atoms with van der Waals surface area (Å²) in [7, 11) is 0. The molecular formula is C17H18BrNO5. The quantitative estimate of drug-likeness (QED) is 0.738. The van der Waals surface area contributed by atoms with Gasteiger partial charge in [-0.3, -0.25) is 4.90 Å². The first-order chi connectivity index (χ1) is 11.1. The third-order valence-corrected chi connectivity index (χ3v) is 4.37. The van der Waals surface area contributed by atoms with Gasteiger partial charge in [0.05, 0.1) is 13.1 Å². The van der Waals surface area contributed by atoms with Crippen LogP contribution in [-0.2, 0) is 14.3 Å². The summed E-state index contributed by atoms with van der Waals surface area (Å²) >= 11 is 3.33. The molecule has 3 rings (SSSR count). The smallest absolute Gasteiger partial charge is 0.410 e. The van der Waals surface area contributed by atoms with Crippen molar-refractivity contribution in [2.75, 3.05) is 13.1 Å². The number of hydrogen-bond donors (Lipinski definition) is 1. The van der Waals surface area contributed by atoms with Gasteiger partial charge in [0.25, 0.3) is 0 Å². The summed E-state index contributed by atoms with van der Waals surface area (Å²) in [5.74, 6) is -0.715. The molecule has 1 saturated heterocycles. The van der Waals surface area contributed by atoms with Crippen molar-refractivity contribution in [1.82, 2.24) is 4.90 Å². The number of benzene rings is 1. The number of nitrogens with zero attached hydrogens (tertiary/aromatic N) is 1. The maximum Gasteiger partial charge on any atom is 0.410 e. The number of esters is 1. The lowest BCUT2D eigenvalue weighted by Gasteiger charge is -2.45. The van der Waals surface area contributed by atoms with Crippen LogP contribution in [0.25, 0.3) is 5.57 Å². The minimum absolute atomic E-state index is 0.0829. The fourth-order valence-corrected chi connectivity index (χ4v) is 2.98. The lowest BCUT2D eigenvalue weighted by molar-refractivity contribution is -0.162. The first-order valence-electron chi connectivity index (χ1n) is 7.52. The Morgan fingerprint density at radius 1 is 1.29 bits per heavy atom. The average Bonchev–Trinajstić information content (AvgIpc) is 2.68. The van der Waals surface area contributed by atoms with Crippen molar-refractivity contribution in [3.63, 3.8) is 0 Å². The fourth-order valence-electron chi connectivity index (χ4n) is 2.71. The van der Waals surface area contributed by atoms with Gasteiger partial charge in [0.1, 0.15) is 11.2 Å². The van der Waals surface area contributed by atoms with Gasteiger partial charge in [-0.15, -0.1) is 0 Å². The van der Waals surface area contributed by atoms with Gasteiger partial charge >= 0.3 is 12.1 Å². The van der Waals surface area contributed by atoms with Crippen molar-refractivity contribution in [1.29, 1.82) is 0 Å². The third kappa shape index (κ3) is 2.88. The van der Waals surface area contributed by atoms with E-state index in [-0.39, 0.29) is 24.4 Å². The lowest BCUT2D eigenvalue weighted by Crippen LogP contribution is -2.65. The minimum Gasteiger partial charge on any atom is -0.507 e. The van der Waals surface area contributed by atoms with Gasteiger partial charge in [0.2, 0.25) is 5.60 Å². The van der Waals surface area contributed by atoms with E-state index in [0.29, 0.717) is 5.56 Å². The Labute approximate surface area is 148 Å². The highest BCUT2D eigenvalue weighted by Crippen LogP contribution is 2.42. The SMILES string of the molecule is CC(C)(C)OC(=O)N1CC2(C1)OC(=O)C(c1ccc(Br)cc1)=C2O. The van der Waals surface area contributed by atoms with Crippen LogP contribution in [0.5, 0.6) is 0 Å². The lowest BCUT2D eigenvalue weighted by atomic mass is 9.90. The summed E-state index contributed by atoms with van der Waals surface area (Å²) in [4.78, 5) is 25.6. The van der Waals surface area contributed by atoms with E-state index in [4.69, 9.17) is 9.47 Å². The Balaban J connectivity index is 1.79. The molecule has 1 spiro atoms. The van der Waals surface area contributed by atoms with Gasteiger partial charge in [0.15, 0.2) is 5.76 Å². The molecule has 128 valence electrons. The number of carbonyl (C=O) groups excluding carboxylic acids is 2. The van der Waals surface area contributed by atoms with E-state index in [1.807, 2.05) is 0 Å². The van der Waals surface area contributed by atoms with Gasteiger partial charge in [-0.25, -0.2) is 9.59 Å². The molecule has 0 aliphatic carbocycles. The normalized spacial score (nSPS) is 19.3. The van der Waals surface area contributed by atoms with Crippen LogP contribution in [0.2, 0.25) is 0 Å². The zero-order chi connectivity index (χ0) is 17.7. The first-order valence-corrected chi connectivity index (χ1v) is 8.31. The molecule has 0 atom stereocenters. The van der Waals surface area contributed by atoms with Crippen LogP contribution in [0, 0.1) is 0 Å². The molecular weight excluding hydrogens is 378 g/mol. The van der Waals surface area contributed by atoms with E-state index in [0.717, 1.165) is 4.47 Å². The van der Waals surface area contributed by atoms with E-state index in [2.05, 4.69) is 15.9 Å². The molecule has 2 aliphatic heterocycles. The largest absolute Gasteiger partial charge is 0.507 e. The fraction of sp³-hybridized carbons (Fsp3) is 0.412. The highest BCUT2D eigenvalue weighted by molar-refractivity contribution is 9.10. The first kappa shape index (κ1) is 16.8. The molecule has 0 bridgehead atoms. The second-order valence-corrected chi connectivity index (χ2v) is 7.87. The van der Waals surface area contributed by atoms with E-state index in [1.165, 1.54) is 4.90 Å². The summed E-state index contributed by atoms with van der Waals surface area (Å²) in [6, 6.07) is 7.00. The number of aliphatic hydroxyl groups is 1. The molecule has 0 saturated carbocycles. The van der Waals surface area contributed by atoms with Crippen molar-refractivity contribution in [2.45, 2.75) is 32.0 Å². The molecule has 24 heavy (non-hydrogen) atoms.